The number of pyridine rings is 2. The number of benzene rings is 1. The number of aryl methyl sites for hydroxylation is 1. The largest absolute Gasteiger partial charge is 0.514 e. The van der Waals surface area contributed by atoms with Crippen molar-refractivity contribution in [2.45, 2.75) is 117 Å². The fraction of sp³-hybridized carbons (Fsp3) is 0.500. The average Bonchev–Trinajstić information content (AvgIpc) is 3.34. The molecule has 0 radical (unpaired) electrons. The highest BCUT2D eigenvalue weighted by Crippen LogP contribution is 2.42. The number of aromatic nitrogens is 2. The Kier molecular flexibility index (Phi) is 9.15. The molecule has 0 fully saturated rings. The SMILES string of the molecule is CCc1c2c(nc3ccc(OC(=O)OC(C)(C)C)cc13)-c1cc3c(c(=O)n1C2)COC(=O)[C@@]3(CC)OC(=O)CCCC(=O)OC(C)(C)C. The number of rotatable bonds is 8. The zero-order valence-corrected chi connectivity index (χ0v) is 28.7. The summed E-state index contributed by atoms with van der Waals surface area (Å²) >= 11 is 0. The van der Waals surface area contributed by atoms with Crippen molar-refractivity contribution in [1.82, 2.24) is 9.55 Å². The van der Waals surface area contributed by atoms with Gasteiger partial charge in [0.15, 0.2) is 0 Å². The van der Waals surface area contributed by atoms with Crippen LogP contribution in [0.3, 0.4) is 0 Å². The summed E-state index contributed by atoms with van der Waals surface area (Å²) in [5.41, 5.74) is 0.372. The molecule has 2 aliphatic rings. The highest BCUT2D eigenvalue weighted by atomic mass is 16.7. The van der Waals surface area contributed by atoms with Crippen LogP contribution in [0.1, 0.15) is 103 Å². The van der Waals surface area contributed by atoms with E-state index in [1.54, 1.807) is 77.3 Å². The van der Waals surface area contributed by atoms with Crippen LogP contribution in [-0.4, -0.2) is 44.8 Å². The van der Waals surface area contributed by atoms with E-state index in [2.05, 4.69) is 0 Å². The smallest absolute Gasteiger partial charge is 0.460 e. The first-order valence-corrected chi connectivity index (χ1v) is 16.2. The zero-order chi connectivity index (χ0) is 35.2. The third-order valence-corrected chi connectivity index (χ3v) is 8.16. The van der Waals surface area contributed by atoms with E-state index in [0.717, 1.165) is 16.5 Å². The average molecular weight is 663 g/mol. The Balaban J connectivity index is 1.49. The molecular weight excluding hydrogens is 620 g/mol. The van der Waals surface area contributed by atoms with E-state index in [4.69, 9.17) is 28.7 Å². The fourth-order valence-electron chi connectivity index (χ4n) is 6.15. The summed E-state index contributed by atoms with van der Waals surface area (Å²) in [5.74, 6) is -1.61. The molecule has 4 heterocycles. The van der Waals surface area contributed by atoms with E-state index >= 15 is 0 Å². The first-order chi connectivity index (χ1) is 22.5. The highest BCUT2D eigenvalue weighted by molar-refractivity contribution is 5.91. The molecular formula is C36H42N2O10. The third-order valence-electron chi connectivity index (χ3n) is 8.16. The second-order valence-corrected chi connectivity index (χ2v) is 14.0. The summed E-state index contributed by atoms with van der Waals surface area (Å²) < 4.78 is 28.9. The van der Waals surface area contributed by atoms with E-state index in [0.29, 0.717) is 29.1 Å². The van der Waals surface area contributed by atoms with Crippen molar-refractivity contribution >= 4 is 35.0 Å². The zero-order valence-electron chi connectivity index (χ0n) is 28.7. The molecule has 0 unspecified atom stereocenters. The Morgan fingerprint density at radius 1 is 0.938 bits per heavy atom. The van der Waals surface area contributed by atoms with Gasteiger partial charge < -0.3 is 28.3 Å². The van der Waals surface area contributed by atoms with E-state index < -0.39 is 40.9 Å². The number of carbonyl (C=O) groups is 4. The Labute approximate surface area is 278 Å². The first kappa shape index (κ1) is 34.6. The maximum absolute atomic E-state index is 14.0. The van der Waals surface area contributed by atoms with Crippen molar-refractivity contribution < 1.29 is 42.9 Å². The van der Waals surface area contributed by atoms with Gasteiger partial charge in [0.1, 0.15) is 23.6 Å². The van der Waals surface area contributed by atoms with E-state index in [9.17, 15) is 24.0 Å². The predicted molar refractivity (Wildman–Crippen MR) is 174 cm³/mol. The summed E-state index contributed by atoms with van der Waals surface area (Å²) in [6.45, 7) is 14.2. The van der Waals surface area contributed by atoms with E-state index in [1.165, 1.54) is 0 Å². The van der Waals surface area contributed by atoms with E-state index in [1.807, 2.05) is 6.92 Å². The quantitative estimate of drug-likeness (QED) is 0.124. The topological polar surface area (TPSA) is 149 Å². The number of nitrogens with zero attached hydrogens (tertiary/aromatic N) is 2. The van der Waals surface area contributed by atoms with Crippen molar-refractivity contribution in [3.05, 3.63) is 56.9 Å². The number of esters is 3. The van der Waals surface area contributed by atoms with Gasteiger partial charge in [-0.2, -0.15) is 0 Å². The minimum atomic E-state index is -1.84. The molecule has 3 aromatic rings. The molecule has 48 heavy (non-hydrogen) atoms. The first-order valence-electron chi connectivity index (χ1n) is 16.2. The van der Waals surface area contributed by atoms with Gasteiger partial charge in [0.05, 0.1) is 29.0 Å². The van der Waals surface area contributed by atoms with E-state index in [-0.39, 0.29) is 55.5 Å². The minimum Gasteiger partial charge on any atom is -0.460 e. The van der Waals surface area contributed by atoms with Gasteiger partial charge in [0, 0.05) is 29.4 Å². The molecule has 12 heteroatoms. The summed E-state index contributed by atoms with van der Waals surface area (Å²) in [6, 6.07) is 6.80. The van der Waals surface area contributed by atoms with Gasteiger partial charge in [0.25, 0.3) is 5.56 Å². The van der Waals surface area contributed by atoms with Crippen molar-refractivity contribution in [2.24, 2.45) is 0 Å². The number of cyclic esters (lactones) is 1. The lowest BCUT2D eigenvalue weighted by Gasteiger charge is -2.35. The standard InChI is InChI=1S/C36H42N2O10/c1-9-21-22-16-20(45-33(43)48-35(6,7)8)14-15-26(22)37-30-23(21)18-38-27(30)17-25-24(31(38)41)19-44-32(42)36(25,10-2)47-29(40)13-11-12-28(39)46-34(3,4)5/h14-17H,9-13,18-19H2,1-8H3/t36-/m0/s1. The summed E-state index contributed by atoms with van der Waals surface area (Å²) in [5, 5.41) is 0.768. The van der Waals surface area contributed by atoms with Crippen LogP contribution in [0.5, 0.6) is 5.75 Å². The molecule has 0 saturated carbocycles. The molecule has 1 aromatic carbocycles. The Hall–Kier alpha value is -4.74. The minimum absolute atomic E-state index is 0.00613. The highest BCUT2D eigenvalue weighted by Gasteiger charge is 2.50. The van der Waals surface area contributed by atoms with Crippen LogP contribution >= 0.6 is 0 Å². The fourth-order valence-corrected chi connectivity index (χ4v) is 6.15. The van der Waals surface area contributed by atoms with Gasteiger partial charge in [-0.3, -0.25) is 14.4 Å². The second kappa shape index (κ2) is 12.7. The summed E-state index contributed by atoms with van der Waals surface area (Å²) in [7, 11) is 0. The predicted octanol–water partition coefficient (Wildman–Crippen LogP) is 6.02. The van der Waals surface area contributed by atoms with Crippen LogP contribution in [0, 0.1) is 0 Å². The number of carbonyl (C=O) groups excluding carboxylic acids is 4. The Morgan fingerprint density at radius 3 is 2.27 bits per heavy atom. The number of ether oxygens (including phenoxy) is 5. The number of fused-ring (bicyclic) bond motifs is 5. The Morgan fingerprint density at radius 2 is 1.62 bits per heavy atom. The molecule has 0 spiro atoms. The van der Waals surface area contributed by atoms with Crippen molar-refractivity contribution in [2.75, 3.05) is 0 Å². The summed E-state index contributed by atoms with van der Waals surface area (Å²) in [4.78, 5) is 69.8. The second-order valence-electron chi connectivity index (χ2n) is 14.0. The maximum Gasteiger partial charge on any atom is 0.514 e. The van der Waals surface area contributed by atoms with Gasteiger partial charge in [-0.15, -0.1) is 0 Å². The molecule has 2 aromatic heterocycles. The molecule has 0 amide bonds. The monoisotopic (exact) mass is 662 g/mol. The molecule has 256 valence electrons. The van der Waals surface area contributed by atoms with Crippen LogP contribution in [0.25, 0.3) is 22.3 Å². The van der Waals surface area contributed by atoms with Crippen molar-refractivity contribution in [3.8, 4) is 17.1 Å². The molecule has 0 bridgehead atoms. The third kappa shape index (κ3) is 6.79. The van der Waals surface area contributed by atoms with Crippen LogP contribution in [0.15, 0.2) is 29.1 Å². The number of hydrogen-bond donors (Lipinski definition) is 0. The van der Waals surface area contributed by atoms with Gasteiger partial charge in [-0.1, -0.05) is 13.8 Å². The molecule has 5 rings (SSSR count). The molecule has 0 aliphatic carbocycles. The molecule has 12 nitrogen and oxygen atoms in total. The Bertz CT molecular complexity index is 1880. The van der Waals surface area contributed by atoms with Gasteiger partial charge in [0.2, 0.25) is 5.60 Å². The lowest BCUT2D eigenvalue weighted by Crippen LogP contribution is -2.47. The van der Waals surface area contributed by atoms with Crippen molar-refractivity contribution in [3.63, 3.8) is 0 Å². The van der Waals surface area contributed by atoms with Crippen LogP contribution < -0.4 is 10.3 Å². The van der Waals surface area contributed by atoms with Gasteiger partial charge >= 0.3 is 24.1 Å². The molecule has 1 atom stereocenters. The van der Waals surface area contributed by atoms with Gasteiger partial charge in [-0.05, 0) is 90.6 Å². The maximum atomic E-state index is 14.0. The molecule has 2 aliphatic heterocycles. The van der Waals surface area contributed by atoms with Crippen molar-refractivity contribution in [1.29, 1.82) is 0 Å². The molecule has 0 N–H and O–H groups in total. The lowest BCUT2D eigenvalue weighted by atomic mass is 9.85. The lowest BCUT2D eigenvalue weighted by molar-refractivity contribution is -0.189. The number of hydrogen-bond acceptors (Lipinski definition) is 11. The normalized spacial score (nSPS) is 16.8. The van der Waals surface area contributed by atoms with Crippen LogP contribution in [-0.2, 0) is 58.5 Å². The van der Waals surface area contributed by atoms with Gasteiger partial charge in [-0.25, -0.2) is 14.6 Å². The summed E-state index contributed by atoms with van der Waals surface area (Å²) in [6.07, 6.45) is -0.162. The van der Waals surface area contributed by atoms with Crippen LogP contribution in [0.2, 0.25) is 0 Å². The van der Waals surface area contributed by atoms with Crippen LogP contribution in [0.4, 0.5) is 4.79 Å². The molecule has 0 saturated heterocycles.